The number of para-hydroxylation sites is 1. The number of benzene rings is 2. The quantitative estimate of drug-likeness (QED) is 0.232. The summed E-state index contributed by atoms with van der Waals surface area (Å²) in [6.45, 7) is 8.96. The first kappa shape index (κ1) is 27.3. The number of carbonyl (C=O) groups is 1. The topological polar surface area (TPSA) is 42.0 Å². The number of anilines is 1. The van der Waals surface area contributed by atoms with E-state index >= 15 is 0 Å². The predicted octanol–water partition coefficient (Wildman–Crippen LogP) is 6.37. The number of likely N-dealkylation sites (N-methyl/N-ethyl adjacent to an activating group) is 1. The van der Waals surface area contributed by atoms with Crippen LogP contribution in [0.1, 0.15) is 59.9 Å². The van der Waals surface area contributed by atoms with Gasteiger partial charge < -0.3 is 14.4 Å². The van der Waals surface area contributed by atoms with Crippen molar-refractivity contribution in [1.82, 2.24) is 4.90 Å². The highest BCUT2D eigenvalue weighted by atomic mass is 32.1. The summed E-state index contributed by atoms with van der Waals surface area (Å²) in [4.78, 5) is 19.6. The van der Waals surface area contributed by atoms with E-state index in [-0.39, 0.29) is 18.3 Å². The first-order chi connectivity index (χ1) is 19.0. The molecule has 204 valence electrons. The number of hydrogen-bond acceptors (Lipinski definition) is 6. The number of rotatable bonds is 9. The van der Waals surface area contributed by atoms with Crippen LogP contribution in [0.2, 0.25) is 0 Å². The molecule has 0 bridgehead atoms. The van der Waals surface area contributed by atoms with Crippen LogP contribution in [0.3, 0.4) is 0 Å². The first-order valence-corrected chi connectivity index (χ1v) is 14.7. The van der Waals surface area contributed by atoms with E-state index in [1.807, 2.05) is 42.5 Å². The fraction of sp³-hybridized carbons (Fsp3) is 0.424. The standard InChI is InChI=1S/C33H38N2O3S/c1-4-8-26(21-32(36)37-5-2)25-11-13-27(14-12-25)38-23-29-16-15-28(39-29)22-35-19-17-33(18-20-35)24-34(3)31-10-7-6-9-30(31)33/h6-7,9-16,26H,5,17-24H2,1-3H3/t26-/m0/s1. The molecule has 5 rings (SSSR count). The Balaban J connectivity index is 1.11. The van der Waals surface area contributed by atoms with Gasteiger partial charge in [-0.2, -0.15) is 0 Å². The van der Waals surface area contributed by atoms with Gasteiger partial charge in [0, 0.05) is 41.0 Å². The molecule has 3 heterocycles. The highest BCUT2D eigenvalue weighted by Crippen LogP contribution is 2.46. The van der Waals surface area contributed by atoms with Crippen LogP contribution in [-0.2, 0) is 28.1 Å². The monoisotopic (exact) mass is 542 g/mol. The summed E-state index contributed by atoms with van der Waals surface area (Å²) in [5.41, 5.74) is 4.27. The lowest BCUT2D eigenvalue weighted by Crippen LogP contribution is -2.44. The van der Waals surface area contributed by atoms with Crippen LogP contribution < -0.4 is 9.64 Å². The van der Waals surface area contributed by atoms with Crippen molar-refractivity contribution in [2.45, 2.75) is 57.6 Å². The van der Waals surface area contributed by atoms with Crippen LogP contribution in [0.5, 0.6) is 5.75 Å². The molecule has 0 saturated carbocycles. The zero-order valence-electron chi connectivity index (χ0n) is 23.2. The normalized spacial score (nSPS) is 16.8. The fourth-order valence-electron chi connectivity index (χ4n) is 6.02. The minimum atomic E-state index is -0.223. The van der Waals surface area contributed by atoms with Gasteiger partial charge in [-0.1, -0.05) is 36.3 Å². The molecule has 0 unspecified atom stereocenters. The van der Waals surface area contributed by atoms with E-state index < -0.39 is 0 Å². The van der Waals surface area contributed by atoms with Crippen molar-refractivity contribution in [2.75, 3.05) is 38.2 Å². The molecular formula is C33H38N2O3S. The molecule has 0 aliphatic carbocycles. The van der Waals surface area contributed by atoms with Gasteiger partial charge in [0.25, 0.3) is 0 Å². The molecule has 2 aliphatic heterocycles. The van der Waals surface area contributed by atoms with Crippen molar-refractivity contribution in [2.24, 2.45) is 0 Å². The lowest BCUT2D eigenvalue weighted by Gasteiger charge is -2.39. The zero-order valence-corrected chi connectivity index (χ0v) is 24.1. The maximum Gasteiger partial charge on any atom is 0.307 e. The third-order valence-electron chi connectivity index (χ3n) is 7.99. The summed E-state index contributed by atoms with van der Waals surface area (Å²) in [5.74, 6) is 6.48. The predicted molar refractivity (Wildman–Crippen MR) is 158 cm³/mol. The smallest absolute Gasteiger partial charge is 0.307 e. The molecule has 2 aromatic carbocycles. The van der Waals surface area contributed by atoms with Crippen molar-refractivity contribution in [1.29, 1.82) is 0 Å². The van der Waals surface area contributed by atoms with E-state index in [0.717, 1.165) is 37.5 Å². The molecule has 3 aromatic rings. The van der Waals surface area contributed by atoms with E-state index in [0.29, 0.717) is 18.6 Å². The Bertz CT molecular complexity index is 1330. The Morgan fingerprint density at radius 3 is 2.54 bits per heavy atom. The minimum absolute atomic E-state index is 0.169. The lowest BCUT2D eigenvalue weighted by atomic mass is 9.74. The molecule has 1 atom stereocenters. The summed E-state index contributed by atoms with van der Waals surface area (Å²) < 4.78 is 11.2. The molecule has 39 heavy (non-hydrogen) atoms. The molecule has 1 aromatic heterocycles. The number of carbonyl (C=O) groups excluding carboxylic acids is 1. The number of likely N-dealkylation sites (tertiary alicyclic amines) is 1. The minimum Gasteiger partial charge on any atom is -0.488 e. The number of ether oxygens (including phenoxy) is 2. The average molecular weight is 543 g/mol. The zero-order chi connectivity index (χ0) is 27.2. The van der Waals surface area contributed by atoms with Crippen molar-refractivity contribution >= 4 is 23.0 Å². The van der Waals surface area contributed by atoms with Gasteiger partial charge in [-0.3, -0.25) is 9.69 Å². The molecule has 1 fully saturated rings. The number of piperidine rings is 1. The van der Waals surface area contributed by atoms with Gasteiger partial charge in [-0.15, -0.1) is 17.3 Å². The maximum absolute atomic E-state index is 12.0. The van der Waals surface area contributed by atoms with Gasteiger partial charge in [0.2, 0.25) is 0 Å². The third kappa shape index (κ3) is 6.32. The van der Waals surface area contributed by atoms with Gasteiger partial charge in [0.05, 0.1) is 18.9 Å². The molecule has 0 N–H and O–H groups in total. The Hall–Kier alpha value is -3.27. The number of nitrogens with zero attached hydrogens (tertiary/aromatic N) is 2. The summed E-state index contributed by atoms with van der Waals surface area (Å²) in [7, 11) is 2.23. The van der Waals surface area contributed by atoms with E-state index in [9.17, 15) is 4.79 Å². The Labute approximate surface area is 236 Å². The van der Waals surface area contributed by atoms with E-state index in [2.05, 4.69) is 65.1 Å². The second-order valence-corrected chi connectivity index (χ2v) is 11.9. The van der Waals surface area contributed by atoms with E-state index in [1.54, 1.807) is 12.5 Å². The van der Waals surface area contributed by atoms with Crippen molar-refractivity contribution in [3.05, 3.63) is 81.5 Å². The lowest BCUT2D eigenvalue weighted by molar-refractivity contribution is -0.143. The molecule has 1 saturated heterocycles. The summed E-state index contributed by atoms with van der Waals surface area (Å²) >= 11 is 1.84. The Morgan fingerprint density at radius 1 is 1.05 bits per heavy atom. The van der Waals surface area contributed by atoms with E-state index in [1.165, 1.54) is 28.3 Å². The molecule has 2 aliphatic rings. The SMILES string of the molecule is CC#C[C@@H](CC(=O)OCC)c1ccc(OCc2ccc(CN3CCC4(CC3)CN(C)c3ccccc34)s2)cc1. The summed E-state index contributed by atoms with van der Waals surface area (Å²) in [6, 6.07) is 21.3. The largest absolute Gasteiger partial charge is 0.488 e. The molecule has 5 nitrogen and oxygen atoms in total. The molecule has 0 amide bonds. The van der Waals surface area contributed by atoms with Gasteiger partial charge in [0.15, 0.2) is 0 Å². The van der Waals surface area contributed by atoms with Crippen molar-refractivity contribution in [3.63, 3.8) is 0 Å². The Kier molecular flexibility index (Phi) is 8.60. The highest BCUT2D eigenvalue weighted by Gasteiger charge is 2.43. The maximum atomic E-state index is 12.0. The van der Waals surface area contributed by atoms with Crippen LogP contribution in [-0.4, -0.2) is 44.2 Å². The molecular weight excluding hydrogens is 504 g/mol. The molecule has 0 radical (unpaired) electrons. The van der Waals surface area contributed by atoms with Crippen molar-refractivity contribution < 1.29 is 14.3 Å². The van der Waals surface area contributed by atoms with E-state index in [4.69, 9.17) is 9.47 Å². The molecule has 1 spiro atoms. The Morgan fingerprint density at radius 2 is 1.79 bits per heavy atom. The van der Waals surface area contributed by atoms with Crippen LogP contribution in [0.4, 0.5) is 5.69 Å². The summed E-state index contributed by atoms with van der Waals surface area (Å²) in [6.07, 6.45) is 2.70. The second kappa shape index (κ2) is 12.3. The van der Waals surface area contributed by atoms with Gasteiger partial charge >= 0.3 is 5.97 Å². The van der Waals surface area contributed by atoms with Gasteiger partial charge in [-0.25, -0.2) is 0 Å². The van der Waals surface area contributed by atoms with Crippen LogP contribution >= 0.6 is 11.3 Å². The van der Waals surface area contributed by atoms with Crippen LogP contribution in [0, 0.1) is 11.8 Å². The van der Waals surface area contributed by atoms with Crippen LogP contribution in [0.25, 0.3) is 0 Å². The second-order valence-electron chi connectivity index (χ2n) is 10.6. The van der Waals surface area contributed by atoms with Gasteiger partial charge in [0.1, 0.15) is 12.4 Å². The number of esters is 1. The van der Waals surface area contributed by atoms with Gasteiger partial charge in [-0.05, 0) is 81.2 Å². The average Bonchev–Trinajstić information content (AvgIpc) is 3.51. The number of thiophene rings is 1. The number of fused-ring (bicyclic) bond motifs is 2. The fourth-order valence-corrected chi connectivity index (χ4v) is 6.99. The number of hydrogen-bond donors (Lipinski definition) is 0. The summed E-state index contributed by atoms with van der Waals surface area (Å²) in [5, 5.41) is 0. The van der Waals surface area contributed by atoms with Crippen molar-refractivity contribution in [3.8, 4) is 17.6 Å². The van der Waals surface area contributed by atoms with Crippen LogP contribution in [0.15, 0.2) is 60.7 Å². The first-order valence-electron chi connectivity index (χ1n) is 13.9. The highest BCUT2D eigenvalue weighted by molar-refractivity contribution is 7.11. The molecule has 6 heteroatoms. The third-order valence-corrected chi connectivity index (χ3v) is 9.04.